The first-order valence-corrected chi connectivity index (χ1v) is 10.4. The highest BCUT2D eigenvalue weighted by molar-refractivity contribution is 7.98. The molecule has 0 saturated heterocycles. The molecule has 0 fully saturated rings. The van der Waals surface area contributed by atoms with Crippen molar-refractivity contribution in [2.45, 2.75) is 10.9 Å². The molecule has 5 aromatic rings. The van der Waals surface area contributed by atoms with Gasteiger partial charge in [-0.1, -0.05) is 60.3 Å². The van der Waals surface area contributed by atoms with Crippen molar-refractivity contribution in [2.75, 3.05) is 7.11 Å². The number of benzene rings is 3. The third-order valence-corrected chi connectivity index (χ3v) is 5.94. The molecule has 4 nitrogen and oxygen atoms in total. The van der Waals surface area contributed by atoms with E-state index >= 15 is 0 Å². The van der Waals surface area contributed by atoms with Crippen molar-refractivity contribution in [2.24, 2.45) is 0 Å². The zero-order valence-corrected chi connectivity index (χ0v) is 16.8. The van der Waals surface area contributed by atoms with E-state index in [1.54, 1.807) is 18.9 Å². The van der Waals surface area contributed by atoms with Crippen LogP contribution in [0.2, 0.25) is 0 Å². The van der Waals surface area contributed by atoms with E-state index < -0.39 is 0 Å². The van der Waals surface area contributed by atoms with Gasteiger partial charge in [-0.25, -0.2) is 4.98 Å². The highest BCUT2D eigenvalue weighted by Crippen LogP contribution is 2.31. The number of nitrogens with zero attached hydrogens (tertiary/aromatic N) is 3. The average molecular weight is 398 g/mol. The van der Waals surface area contributed by atoms with Gasteiger partial charge in [-0.15, -0.1) is 0 Å². The molecule has 0 aliphatic rings. The molecule has 3 aromatic carbocycles. The Labute approximate surface area is 173 Å². The molecule has 0 spiro atoms. The lowest BCUT2D eigenvalue weighted by molar-refractivity contribution is 0.414. The van der Waals surface area contributed by atoms with Crippen LogP contribution in [0.3, 0.4) is 0 Å². The van der Waals surface area contributed by atoms with Crippen molar-refractivity contribution in [3.8, 4) is 11.4 Å². The van der Waals surface area contributed by atoms with E-state index in [0.717, 1.165) is 33.6 Å². The third kappa shape index (κ3) is 3.34. The molecule has 0 radical (unpaired) electrons. The van der Waals surface area contributed by atoms with Gasteiger partial charge in [0.15, 0.2) is 5.16 Å². The van der Waals surface area contributed by atoms with Crippen molar-refractivity contribution in [1.82, 2.24) is 14.5 Å². The summed E-state index contributed by atoms with van der Waals surface area (Å²) in [4.78, 5) is 9.52. The molecule has 142 valence electrons. The van der Waals surface area contributed by atoms with Crippen LogP contribution in [-0.2, 0) is 5.75 Å². The highest BCUT2D eigenvalue weighted by Gasteiger charge is 2.11. The fourth-order valence-corrected chi connectivity index (χ4v) is 4.50. The Hall–Kier alpha value is -3.31. The lowest BCUT2D eigenvalue weighted by Crippen LogP contribution is -1.97. The van der Waals surface area contributed by atoms with Crippen molar-refractivity contribution in [3.05, 3.63) is 90.9 Å². The Kier molecular flexibility index (Phi) is 4.66. The van der Waals surface area contributed by atoms with Crippen LogP contribution in [0.5, 0.6) is 5.75 Å². The molecule has 2 aromatic heterocycles. The van der Waals surface area contributed by atoms with E-state index in [4.69, 9.17) is 9.72 Å². The molecule has 0 unspecified atom stereocenters. The van der Waals surface area contributed by atoms with Crippen LogP contribution < -0.4 is 4.74 Å². The van der Waals surface area contributed by atoms with Gasteiger partial charge in [-0.2, -0.15) is 0 Å². The molecule has 0 atom stereocenters. The van der Waals surface area contributed by atoms with E-state index in [1.165, 1.54) is 16.2 Å². The smallest absolute Gasteiger partial charge is 0.172 e. The molecule has 0 N–H and O–H groups in total. The summed E-state index contributed by atoms with van der Waals surface area (Å²) in [6.45, 7) is 0. The molecule has 0 saturated carbocycles. The number of pyridine rings is 1. The molecule has 0 aliphatic carbocycles. The molecule has 0 aliphatic heterocycles. The summed E-state index contributed by atoms with van der Waals surface area (Å²) in [6.07, 6.45) is 3.80. The van der Waals surface area contributed by atoms with Gasteiger partial charge in [-0.3, -0.25) is 9.55 Å². The third-order valence-electron chi connectivity index (χ3n) is 4.96. The van der Waals surface area contributed by atoms with Crippen LogP contribution in [0, 0.1) is 0 Å². The molecular formula is C24H19N3OS. The highest BCUT2D eigenvalue weighted by atomic mass is 32.2. The van der Waals surface area contributed by atoms with Gasteiger partial charge < -0.3 is 4.74 Å². The topological polar surface area (TPSA) is 39.9 Å². The minimum Gasteiger partial charge on any atom is -0.497 e. The first kappa shape index (κ1) is 17.8. The van der Waals surface area contributed by atoms with Crippen molar-refractivity contribution in [3.63, 3.8) is 0 Å². The van der Waals surface area contributed by atoms with E-state index in [0.29, 0.717) is 0 Å². The van der Waals surface area contributed by atoms with E-state index in [1.807, 2.05) is 36.7 Å². The maximum absolute atomic E-state index is 5.36. The Bertz CT molecular complexity index is 1310. The number of hydrogen-bond donors (Lipinski definition) is 0. The molecule has 5 heteroatoms. The maximum atomic E-state index is 5.36. The van der Waals surface area contributed by atoms with Gasteiger partial charge in [0.2, 0.25) is 0 Å². The Morgan fingerprint density at radius 3 is 2.55 bits per heavy atom. The van der Waals surface area contributed by atoms with Gasteiger partial charge in [0.05, 0.1) is 24.0 Å². The van der Waals surface area contributed by atoms with Crippen LogP contribution in [0.25, 0.3) is 27.4 Å². The molecule has 29 heavy (non-hydrogen) atoms. The fourth-order valence-electron chi connectivity index (χ4n) is 3.57. The minimum atomic E-state index is 0.742. The lowest BCUT2D eigenvalue weighted by Gasteiger charge is -2.11. The number of rotatable bonds is 5. The molecular weight excluding hydrogens is 378 g/mol. The lowest BCUT2D eigenvalue weighted by atomic mass is 10.0. The quantitative estimate of drug-likeness (QED) is 0.274. The van der Waals surface area contributed by atoms with E-state index in [9.17, 15) is 0 Å². The number of imidazole rings is 1. The minimum absolute atomic E-state index is 0.742. The van der Waals surface area contributed by atoms with Crippen molar-refractivity contribution < 1.29 is 4.74 Å². The van der Waals surface area contributed by atoms with E-state index in [2.05, 4.69) is 58.1 Å². The summed E-state index contributed by atoms with van der Waals surface area (Å²) in [7, 11) is 1.68. The number of methoxy groups -OCH3 is 1. The van der Waals surface area contributed by atoms with Crippen molar-refractivity contribution >= 4 is 33.4 Å². The maximum Gasteiger partial charge on any atom is 0.172 e. The standard InChI is InChI=1S/C24H19N3OS/c1-28-18-8-6-7-17(15-18)27-14-13-25-24(27)29-16-23-21-11-3-2-9-19(21)20-10-4-5-12-22(20)26-23/h2-15H,16H2,1H3. The van der Waals surface area contributed by atoms with Crippen molar-refractivity contribution in [1.29, 1.82) is 0 Å². The number of ether oxygens (including phenoxy) is 1. The van der Waals surface area contributed by atoms with E-state index in [-0.39, 0.29) is 0 Å². The summed E-state index contributed by atoms with van der Waals surface area (Å²) in [5, 5.41) is 4.55. The second-order valence-electron chi connectivity index (χ2n) is 6.69. The summed E-state index contributed by atoms with van der Waals surface area (Å²) >= 11 is 1.69. The van der Waals surface area contributed by atoms with Gasteiger partial charge in [-0.05, 0) is 23.6 Å². The number of hydrogen-bond acceptors (Lipinski definition) is 4. The SMILES string of the molecule is COc1cccc(-n2ccnc2SCc2nc3ccccc3c3ccccc23)c1. The summed E-state index contributed by atoms with van der Waals surface area (Å²) in [5.41, 5.74) is 3.13. The number of thioether (sulfide) groups is 1. The van der Waals surface area contributed by atoms with Crippen LogP contribution in [0.15, 0.2) is 90.3 Å². The first-order valence-electron chi connectivity index (χ1n) is 9.40. The van der Waals surface area contributed by atoms with Crippen LogP contribution in [0.4, 0.5) is 0 Å². The predicted octanol–water partition coefficient (Wildman–Crippen LogP) is 5.87. The zero-order chi connectivity index (χ0) is 19.6. The predicted molar refractivity (Wildman–Crippen MR) is 119 cm³/mol. The largest absolute Gasteiger partial charge is 0.497 e. The second kappa shape index (κ2) is 7.60. The van der Waals surface area contributed by atoms with Gasteiger partial charge in [0, 0.05) is 35.0 Å². The summed E-state index contributed by atoms with van der Waals surface area (Å²) in [5.74, 6) is 1.57. The molecule has 2 heterocycles. The number of fused-ring (bicyclic) bond motifs is 3. The Morgan fingerprint density at radius 1 is 0.897 bits per heavy atom. The van der Waals surface area contributed by atoms with Crippen LogP contribution >= 0.6 is 11.8 Å². The summed E-state index contributed by atoms with van der Waals surface area (Å²) < 4.78 is 7.44. The van der Waals surface area contributed by atoms with Gasteiger partial charge >= 0.3 is 0 Å². The number of aromatic nitrogens is 3. The van der Waals surface area contributed by atoms with Gasteiger partial charge in [0.25, 0.3) is 0 Å². The monoisotopic (exact) mass is 397 g/mol. The van der Waals surface area contributed by atoms with Crippen LogP contribution in [-0.4, -0.2) is 21.6 Å². The normalized spacial score (nSPS) is 11.2. The Balaban J connectivity index is 1.51. The first-order chi connectivity index (χ1) is 14.3. The molecule has 5 rings (SSSR count). The fraction of sp³-hybridized carbons (Fsp3) is 0.0833. The van der Waals surface area contributed by atoms with Crippen LogP contribution in [0.1, 0.15) is 5.69 Å². The molecule has 0 bridgehead atoms. The zero-order valence-electron chi connectivity index (χ0n) is 15.9. The summed E-state index contributed by atoms with van der Waals surface area (Å²) in [6, 6.07) is 24.8. The molecule has 0 amide bonds. The Morgan fingerprint density at radius 2 is 1.69 bits per heavy atom. The second-order valence-corrected chi connectivity index (χ2v) is 7.63. The average Bonchev–Trinajstić information content (AvgIpc) is 3.26. The van der Waals surface area contributed by atoms with Gasteiger partial charge in [0.1, 0.15) is 5.75 Å². The number of para-hydroxylation sites is 1.